The van der Waals surface area contributed by atoms with Crippen molar-refractivity contribution in [2.24, 2.45) is 0 Å². The number of nitrogens with two attached hydrogens (primary N) is 1. The molecule has 1 saturated heterocycles. The Labute approximate surface area is 213 Å². The van der Waals surface area contributed by atoms with E-state index in [4.69, 9.17) is 15.2 Å². The van der Waals surface area contributed by atoms with Crippen molar-refractivity contribution in [2.75, 3.05) is 50.6 Å². The van der Waals surface area contributed by atoms with Crippen LogP contribution in [-0.2, 0) is 15.9 Å². The van der Waals surface area contributed by atoms with Crippen LogP contribution in [0, 0.1) is 5.95 Å². The van der Waals surface area contributed by atoms with Crippen molar-refractivity contribution in [1.29, 1.82) is 0 Å². The van der Waals surface area contributed by atoms with Crippen molar-refractivity contribution < 1.29 is 23.5 Å². The fourth-order valence-electron chi connectivity index (χ4n) is 4.53. The summed E-state index contributed by atoms with van der Waals surface area (Å²) >= 11 is 0. The molecule has 1 aromatic heterocycles. The highest BCUT2D eigenvalue weighted by molar-refractivity contribution is 5.97. The van der Waals surface area contributed by atoms with Gasteiger partial charge in [0.05, 0.1) is 19.3 Å². The van der Waals surface area contributed by atoms with Crippen LogP contribution >= 0.6 is 0 Å². The summed E-state index contributed by atoms with van der Waals surface area (Å²) in [6, 6.07) is 12.3. The number of nitrogens with one attached hydrogen (secondary N) is 2. The van der Waals surface area contributed by atoms with E-state index in [0.29, 0.717) is 42.0 Å². The Morgan fingerprint density at radius 2 is 1.89 bits per heavy atom. The van der Waals surface area contributed by atoms with Gasteiger partial charge in [-0.3, -0.25) is 4.79 Å². The van der Waals surface area contributed by atoms with Gasteiger partial charge in [0.25, 0.3) is 5.91 Å². The minimum absolute atomic E-state index is 0.0260. The summed E-state index contributed by atoms with van der Waals surface area (Å²) in [5.41, 5.74) is 9.94. The Morgan fingerprint density at radius 1 is 1.16 bits per heavy atom. The van der Waals surface area contributed by atoms with Crippen LogP contribution in [0.15, 0.2) is 42.5 Å². The van der Waals surface area contributed by atoms with E-state index in [9.17, 15) is 14.0 Å². The number of hydrogen-bond acceptors (Lipinski definition) is 8. The van der Waals surface area contributed by atoms with E-state index in [1.54, 1.807) is 18.2 Å². The van der Waals surface area contributed by atoms with Crippen LogP contribution in [0.4, 0.5) is 20.7 Å². The first-order valence-electron chi connectivity index (χ1n) is 12.0. The number of benzene rings is 2. The molecule has 0 bridgehead atoms. The standard InChI is InChI=1S/C26H27FN6O4/c1-29-26(35)37-14-18-13-17-12-16(4-7-20(17)25(34)30-18)22-24(28)32-23(27)21(31-22)15-2-5-19(6-3-15)33-8-10-36-11-9-33/h2-7,12,18H,8-11,13-14H2,1H3,(H2,28,32)(H,29,35)(H,30,34). The van der Waals surface area contributed by atoms with Crippen LogP contribution < -0.4 is 21.3 Å². The number of anilines is 2. The molecule has 2 aliphatic heterocycles. The van der Waals surface area contributed by atoms with E-state index in [2.05, 4.69) is 25.5 Å². The lowest BCUT2D eigenvalue weighted by atomic mass is 9.93. The number of morpholine rings is 1. The maximum Gasteiger partial charge on any atom is 0.406 e. The van der Waals surface area contributed by atoms with Gasteiger partial charge in [-0.15, -0.1) is 0 Å². The van der Waals surface area contributed by atoms with Crippen LogP contribution in [0.5, 0.6) is 0 Å². The molecule has 1 unspecified atom stereocenters. The molecule has 10 nitrogen and oxygen atoms in total. The number of aromatic nitrogens is 2. The number of nitrogens with zero attached hydrogens (tertiary/aromatic N) is 3. The second-order valence-corrected chi connectivity index (χ2v) is 8.84. The molecular weight excluding hydrogens is 479 g/mol. The van der Waals surface area contributed by atoms with Crippen LogP contribution in [0.25, 0.3) is 22.5 Å². The second-order valence-electron chi connectivity index (χ2n) is 8.84. The Morgan fingerprint density at radius 3 is 2.62 bits per heavy atom. The first-order valence-corrected chi connectivity index (χ1v) is 12.0. The maximum atomic E-state index is 14.9. The van der Waals surface area contributed by atoms with Gasteiger partial charge in [-0.05, 0) is 36.2 Å². The molecular formula is C26H27FN6O4. The van der Waals surface area contributed by atoms with Gasteiger partial charge in [-0.1, -0.05) is 18.2 Å². The van der Waals surface area contributed by atoms with Crippen LogP contribution in [0.1, 0.15) is 15.9 Å². The van der Waals surface area contributed by atoms with E-state index in [0.717, 1.165) is 24.3 Å². The molecule has 0 saturated carbocycles. The number of ether oxygens (including phenoxy) is 2. The predicted octanol–water partition coefficient (Wildman–Crippen LogP) is 2.38. The number of alkyl carbamates (subject to hydrolysis) is 1. The van der Waals surface area contributed by atoms with Gasteiger partial charge in [0, 0.05) is 42.5 Å². The van der Waals surface area contributed by atoms with E-state index >= 15 is 0 Å². The fourth-order valence-corrected chi connectivity index (χ4v) is 4.53. The summed E-state index contributed by atoms with van der Waals surface area (Å²) in [5.74, 6) is -1.08. The SMILES string of the molecule is CNC(=O)OCC1Cc2cc(-c3nc(-c4ccc(N5CCOCC5)cc4)c(F)nc3N)ccc2C(=O)N1. The van der Waals surface area contributed by atoms with E-state index < -0.39 is 12.0 Å². The van der Waals surface area contributed by atoms with Crippen molar-refractivity contribution in [3.63, 3.8) is 0 Å². The monoisotopic (exact) mass is 506 g/mol. The summed E-state index contributed by atoms with van der Waals surface area (Å²) in [5, 5.41) is 5.21. The van der Waals surface area contributed by atoms with Crippen molar-refractivity contribution in [3.8, 4) is 22.5 Å². The van der Waals surface area contributed by atoms with Crippen molar-refractivity contribution in [2.45, 2.75) is 12.5 Å². The van der Waals surface area contributed by atoms with Gasteiger partial charge < -0.3 is 30.7 Å². The highest BCUT2D eigenvalue weighted by Crippen LogP contribution is 2.31. The molecule has 2 aliphatic rings. The average molecular weight is 507 g/mol. The number of hydrogen-bond donors (Lipinski definition) is 3. The molecule has 37 heavy (non-hydrogen) atoms. The summed E-state index contributed by atoms with van der Waals surface area (Å²) < 4.78 is 25.4. The molecule has 1 fully saturated rings. The second kappa shape index (κ2) is 10.4. The first kappa shape index (κ1) is 24.4. The largest absolute Gasteiger partial charge is 0.447 e. The van der Waals surface area contributed by atoms with Crippen LogP contribution in [-0.4, -0.2) is 68.0 Å². The molecule has 192 valence electrons. The molecule has 2 amide bonds. The zero-order valence-electron chi connectivity index (χ0n) is 20.3. The number of rotatable bonds is 5. The minimum atomic E-state index is -0.760. The third kappa shape index (κ3) is 5.17. The molecule has 2 aromatic carbocycles. The quantitative estimate of drug-likeness (QED) is 0.481. The number of amides is 2. The molecule has 1 atom stereocenters. The average Bonchev–Trinajstić information content (AvgIpc) is 2.92. The van der Waals surface area contributed by atoms with Gasteiger partial charge in [0.2, 0.25) is 5.95 Å². The molecule has 5 rings (SSSR count). The lowest BCUT2D eigenvalue weighted by Crippen LogP contribution is -2.45. The molecule has 11 heteroatoms. The first-order chi connectivity index (χ1) is 17.9. The molecule has 3 heterocycles. The molecule has 0 radical (unpaired) electrons. The molecule has 4 N–H and O–H groups in total. The highest BCUT2D eigenvalue weighted by atomic mass is 19.1. The summed E-state index contributed by atoms with van der Waals surface area (Å²) in [7, 11) is 1.46. The third-order valence-electron chi connectivity index (χ3n) is 6.44. The Balaban J connectivity index is 1.42. The Hall–Kier alpha value is -4.25. The predicted molar refractivity (Wildman–Crippen MR) is 136 cm³/mol. The highest BCUT2D eigenvalue weighted by Gasteiger charge is 2.26. The Bertz CT molecular complexity index is 1330. The maximum absolute atomic E-state index is 14.9. The lowest BCUT2D eigenvalue weighted by molar-refractivity contribution is 0.0876. The van der Waals surface area contributed by atoms with Crippen LogP contribution in [0.2, 0.25) is 0 Å². The zero-order chi connectivity index (χ0) is 25.9. The number of halogens is 1. The van der Waals surface area contributed by atoms with E-state index in [1.165, 1.54) is 7.05 Å². The third-order valence-corrected chi connectivity index (χ3v) is 6.44. The van der Waals surface area contributed by atoms with E-state index in [-0.39, 0.29) is 30.1 Å². The van der Waals surface area contributed by atoms with Gasteiger partial charge >= 0.3 is 6.09 Å². The number of fused-ring (bicyclic) bond motifs is 1. The van der Waals surface area contributed by atoms with Crippen molar-refractivity contribution >= 4 is 23.5 Å². The molecule has 0 aliphatic carbocycles. The number of carbonyl (C=O) groups excluding carboxylic acids is 2. The van der Waals surface area contributed by atoms with Gasteiger partial charge in [0.15, 0.2) is 5.82 Å². The topological polar surface area (TPSA) is 132 Å². The van der Waals surface area contributed by atoms with Gasteiger partial charge in [-0.25, -0.2) is 9.78 Å². The van der Waals surface area contributed by atoms with Gasteiger partial charge in [0.1, 0.15) is 18.0 Å². The minimum Gasteiger partial charge on any atom is -0.447 e. The molecule has 3 aromatic rings. The summed E-state index contributed by atoms with van der Waals surface area (Å²) in [6.07, 6.45) is -0.135. The Kier molecular flexibility index (Phi) is 6.87. The lowest BCUT2D eigenvalue weighted by Gasteiger charge is -2.28. The number of carbonyl (C=O) groups is 2. The van der Waals surface area contributed by atoms with Crippen LogP contribution in [0.3, 0.4) is 0 Å². The van der Waals surface area contributed by atoms with Gasteiger partial charge in [-0.2, -0.15) is 9.37 Å². The summed E-state index contributed by atoms with van der Waals surface area (Å²) in [6.45, 7) is 2.97. The fraction of sp³-hybridized carbons (Fsp3) is 0.308. The van der Waals surface area contributed by atoms with Crippen molar-refractivity contribution in [3.05, 3.63) is 59.5 Å². The smallest absolute Gasteiger partial charge is 0.406 e. The van der Waals surface area contributed by atoms with Crippen molar-refractivity contribution in [1.82, 2.24) is 20.6 Å². The number of nitrogen functional groups attached to an aromatic ring is 1. The zero-order valence-corrected chi connectivity index (χ0v) is 20.3. The molecule has 0 spiro atoms. The summed E-state index contributed by atoms with van der Waals surface area (Å²) in [4.78, 5) is 34.7. The van der Waals surface area contributed by atoms with E-state index in [1.807, 2.05) is 24.3 Å². The normalized spacial score (nSPS) is 17.1.